The van der Waals surface area contributed by atoms with Crippen molar-refractivity contribution in [2.75, 3.05) is 31.1 Å². The standard InChI is InChI=1S/C21H34N4O/c1-15(2)19-16(3)22-17(4)23-20(19)24-11-8-12-25(14-13-24)21(26)18-9-6-5-7-10-18/h15,18H,5-14H2,1-4H3. The van der Waals surface area contributed by atoms with Crippen LogP contribution in [-0.4, -0.2) is 47.0 Å². The van der Waals surface area contributed by atoms with E-state index in [1.165, 1.54) is 24.8 Å². The highest BCUT2D eigenvalue weighted by Crippen LogP contribution is 2.30. The van der Waals surface area contributed by atoms with E-state index in [0.717, 1.165) is 62.8 Å². The zero-order chi connectivity index (χ0) is 18.7. The molecule has 0 spiro atoms. The molecule has 2 fully saturated rings. The molecule has 0 N–H and O–H groups in total. The van der Waals surface area contributed by atoms with Crippen molar-refractivity contribution in [1.82, 2.24) is 14.9 Å². The van der Waals surface area contributed by atoms with Gasteiger partial charge in [0, 0.05) is 43.4 Å². The van der Waals surface area contributed by atoms with E-state index in [1.54, 1.807) is 0 Å². The molecule has 1 aromatic heterocycles. The molecule has 0 bridgehead atoms. The molecule has 144 valence electrons. The van der Waals surface area contributed by atoms with E-state index >= 15 is 0 Å². The molecule has 0 unspecified atom stereocenters. The summed E-state index contributed by atoms with van der Waals surface area (Å²) in [5, 5.41) is 0. The first-order valence-electron chi connectivity index (χ1n) is 10.4. The molecule has 1 saturated heterocycles. The second-order valence-electron chi connectivity index (χ2n) is 8.25. The number of carbonyl (C=O) groups excluding carboxylic acids is 1. The second kappa shape index (κ2) is 8.36. The molecule has 1 saturated carbocycles. The maximum absolute atomic E-state index is 12.9. The normalized spacial score (nSPS) is 19.7. The van der Waals surface area contributed by atoms with Gasteiger partial charge in [-0.05, 0) is 39.0 Å². The van der Waals surface area contributed by atoms with Gasteiger partial charge in [0.1, 0.15) is 11.6 Å². The van der Waals surface area contributed by atoms with E-state index < -0.39 is 0 Å². The van der Waals surface area contributed by atoms with E-state index in [4.69, 9.17) is 4.98 Å². The van der Waals surface area contributed by atoms with Crippen molar-refractivity contribution < 1.29 is 4.79 Å². The minimum absolute atomic E-state index is 0.269. The van der Waals surface area contributed by atoms with Crippen molar-refractivity contribution >= 4 is 11.7 Å². The molecule has 0 atom stereocenters. The summed E-state index contributed by atoms with van der Waals surface area (Å²) < 4.78 is 0. The van der Waals surface area contributed by atoms with Crippen LogP contribution in [0.25, 0.3) is 0 Å². The van der Waals surface area contributed by atoms with Gasteiger partial charge >= 0.3 is 0 Å². The summed E-state index contributed by atoms with van der Waals surface area (Å²) in [5.74, 6) is 2.97. The van der Waals surface area contributed by atoms with E-state index in [2.05, 4.69) is 35.6 Å². The van der Waals surface area contributed by atoms with Gasteiger partial charge < -0.3 is 9.80 Å². The number of hydrogen-bond donors (Lipinski definition) is 0. The average molecular weight is 359 g/mol. The van der Waals surface area contributed by atoms with Gasteiger partial charge in [0.25, 0.3) is 0 Å². The zero-order valence-corrected chi connectivity index (χ0v) is 16.9. The first kappa shape index (κ1) is 19.1. The van der Waals surface area contributed by atoms with Crippen molar-refractivity contribution in [1.29, 1.82) is 0 Å². The summed E-state index contributed by atoms with van der Waals surface area (Å²) in [4.78, 5) is 26.8. The molecule has 5 heteroatoms. The number of nitrogens with zero attached hydrogens (tertiary/aromatic N) is 4. The third-order valence-corrected chi connectivity index (χ3v) is 5.87. The number of carbonyl (C=O) groups is 1. The summed E-state index contributed by atoms with van der Waals surface area (Å²) in [6, 6.07) is 0. The lowest BCUT2D eigenvalue weighted by Gasteiger charge is -2.29. The lowest BCUT2D eigenvalue weighted by atomic mass is 9.88. The van der Waals surface area contributed by atoms with Crippen LogP contribution >= 0.6 is 0 Å². The van der Waals surface area contributed by atoms with Crippen LogP contribution in [0.2, 0.25) is 0 Å². The second-order valence-corrected chi connectivity index (χ2v) is 8.25. The Kier molecular flexibility index (Phi) is 6.15. The molecular weight excluding hydrogens is 324 g/mol. The minimum Gasteiger partial charge on any atom is -0.354 e. The molecule has 5 nitrogen and oxygen atoms in total. The molecule has 0 radical (unpaired) electrons. The van der Waals surface area contributed by atoms with Crippen molar-refractivity contribution in [2.24, 2.45) is 5.92 Å². The fourth-order valence-electron chi connectivity index (χ4n) is 4.58. The van der Waals surface area contributed by atoms with Crippen LogP contribution < -0.4 is 4.90 Å². The number of aromatic nitrogens is 2. The van der Waals surface area contributed by atoms with Crippen LogP contribution in [0.4, 0.5) is 5.82 Å². The van der Waals surface area contributed by atoms with Crippen LogP contribution in [0.1, 0.15) is 75.4 Å². The maximum atomic E-state index is 12.9. The number of rotatable bonds is 3. The van der Waals surface area contributed by atoms with E-state index in [-0.39, 0.29) is 5.92 Å². The van der Waals surface area contributed by atoms with E-state index in [9.17, 15) is 4.79 Å². The highest BCUT2D eigenvalue weighted by Gasteiger charge is 2.28. The maximum Gasteiger partial charge on any atom is 0.225 e. The summed E-state index contributed by atoms with van der Waals surface area (Å²) in [6.07, 6.45) is 6.91. The van der Waals surface area contributed by atoms with Crippen LogP contribution in [-0.2, 0) is 4.79 Å². The van der Waals surface area contributed by atoms with E-state index in [0.29, 0.717) is 11.8 Å². The van der Waals surface area contributed by atoms with Crippen molar-refractivity contribution in [2.45, 2.75) is 72.1 Å². The molecule has 1 aliphatic carbocycles. The number of aryl methyl sites for hydroxylation is 2. The average Bonchev–Trinajstić information content (AvgIpc) is 2.87. The first-order chi connectivity index (χ1) is 12.5. The molecule has 2 aliphatic rings. The Morgan fingerprint density at radius 3 is 2.38 bits per heavy atom. The lowest BCUT2D eigenvalue weighted by molar-refractivity contribution is -0.136. The molecule has 1 aliphatic heterocycles. The SMILES string of the molecule is Cc1nc(C)c(C(C)C)c(N2CCCN(C(=O)C3CCCCC3)CC2)n1. The molecule has 0 aromatic carbocycles. The van der Waals surface area contributed by atoms with Gasteiger partial charge in [0.2, 0.25) is 5.91 Å². The molecule has 2 heterocycles. The van der Waals surface area contributed by atoms with Gasteiger partial charge in [0.15, 0.2) is 0 Å². The number of hydrogen-bond acceptors (Lipinski definition) is 4. The monoisotopic (exact) mass is 358 g/mol. The Morgan fingerprint density at radius 1 is 0.962 bits per heavy atom. The highest BCUT2D eigenvalue weighted by molar-refractivity contribution is 5.79. The van der Waals surface area contributed by atoms with Crippen LogP contribution in [0.3, 0.4) is 0 Å². The zero-order valence-electron chi connectivity index (χ0n) is 16.9. The molecule has 1 aromatic rings. The topological polar surface area (TPSA) is 49.3 Å². The lowest BCUT2D eigenvalue weighted by Crippen LogP contribution is -2.39. The summed E-state index contributed by atoms with van der Waals surface area (Å²) >= 11 is 0. The largest absolute Gasteiger partial charge is 0.354 e. The Morgan fingerprint density at radius 2 is 1.69 bits per heavy atom. The summed E-state index contributed by atoms with van der Waals surface area (Å²) in [6.45, 7) is 12.0. The molecular formula is C21H34N4O. The van der Waals surface area contributed by atoms with Crippen molar-refractivity contribution in [3.05, 3.63) is 17.1 Å². The van der Waals surface area contributed by atoms with Crippen LogP contribution in [0, 0.1) is 19.8 Å². The summed E-state index contributed by atoms with van der Waals surface area (Å²) in [7, 11) is 0. The number of anilines is 1. The van der Waals surface area contributed by atoms with Gasteiger partial charge in [0.05, 0.1) is 0 Å². The van der Waals surface area contributed by atoms with Crippen molar-refractivity contribution in [3.8, 4) is 0 Å². The Hall–Kier alpha value is -1.65. The third-order valence-electron chi connectivity index (χ3n) is 5.87. The Labute approximate surface area is 158 Å². The third kappa shape index (κ3) is 4.18. The predicted octanol–water partition coefficient (Wildman–Crippen LogP) is 3.84. The highest BCUT2D eigenvalue weighted by atomic mass is 16.2. The van der Waals surface area contributed by atoms with Gasteiger partial charge in [-0.25, -0.2) is 9.97 Å². The fourth-order valence-corrected chi connectivity index (χ4v) is 4.58. The minimum atomic E-state index is 0.269. The van der Waals surface area contributed by atoms with Gasteiger partial charge in [-0.2, -0.15) is 0 Å². The van der Waals surface area contributed by atoms with E-state index in [1.807, 2.05) is 6.92 Å². The quantitative estimate of drug-likeness (QED) is 0.824. The summed E-state index contributed by atoms with van der Waals surface area (Å²) in [5.41, 5.74) is 2.34. The van der Waals surface area contributed by atoms with Gasteiger partial charge in [-0.1, -0.05) is 33.1 Å². The molecule has 1 amide bonds. The van der Waals surface area contributed by atoms with Crippen LogP contribution in [0.5, 0.6) is 0 Å². The smallest absolute Gasteiger partial charge is 0.225 e. The first-order valence-corrected chi connectivity index (χ1v) is 10.4. The van der Waals surface area contributed by atoms with Gasteiger partial charge in [-0.3, -0.25) is 4.79 Å². The van der Waals surface area contributed by atoms with Crippen LogP contribution in [0.15, 0.2) is 0 Å². The molecule has 3 rings (SSSR count). The van der Waals surface area contributed by atoms with Crippen molar-refractivity contribution in [3.63, 3.8) is 0 Å². The Balaban J connectivity index is 1.74. The predicted molar refractivity (Wildman–Crippen MR) is 106 cm³/mol. The van der Waals surface area contributed by atoms with Gasteiger partial charge in [-0.15, -0.1) is 0 Å². The number of amides is 1. The Bertz CT molecular complexity index is 637. The molecule has 26 heavy (non-hydrogen) atoms. The fraction of sp³-hybridized carbons (Fsp3) is 0.762.